The molecule has 0 saturated carbocycles. The van der Waals surface area contributed by atoms with Gasteiger partial charge in [0.2, 0.25) is 0 Å². The van der Waals surface area contributed by atoms with Crippen molar-refractivity contribution >= 4 is 11.9 Å². The number of benzene rings is 2. The summed E-state index contributed by atoms with van der Waals surface area (Å²) in [4.78, 5) is 24.1. The van der Waals surface area contributed by atoms with Gasteiger partial charge in [0, 0.05) is 13.0 Å². The number of amides is 1. The summed E-state index contributed by atoms with van der Waals surface area (Å²) < 4.78 is 28.5. The van der Waals surface area contributed by atoms with Gasteiger partial charge in [-0.15, -0.1) is 0 Å². The van der Waals surface area contributed by atoms with E-state index in [0.717, 1.165) is 11.1 Å². The second-order valence-electron chi connectivity index (χ2n) is 6.49. The van der Waals surface area contributed by atoms with Crippen LogP contribution >= 0.6 is 0 Å². The van der Waals surface area contributed by atoms with Gasteiger partial charge in [-0.1, -0.05) is 18.2 Å². The molecule has 0 aliphatic carbocycles. The predicted octanol–water partition coefficient (Wildman–Crippen LogP) is 3.07. The zero-order chi connectivity index (χ0) is 21.2. The predicted molar refractivity (Wildman–Crippen MR) is 107 cm³/mol. The van der Waals surface area contributed by atoms with Gasteiger partial charge in [-0.05, 0) is 55.2 Å². The van der Waals surface area contributed by atoms with E-state index in [4.69, 9.17) is 14.2 Å². The molecule has 7 heteroatoms. The molecule has 0 saturated heterocycles. The highest BCUT2D eigenvalue weighted by Gasteiger charge is 2.17. The molecular weight excluding hydrogens is 377 g/mol. The lowest BCUT2D eigenvalue weighted by Crippen LogP contribution is -2.36. The first-order chi connectivity index (χ1) is 13.9. The highest BCUT2D eigenvalue weighted by molar-refractivity contribution is 5.83. The van der Waals surface area contributed by atoms with Crippen molar-refractivity contribution in [2.24, 2.45) is 0 Å². The number of carbonyl (C=O) groups is 2. The third-order valence-electron chi connectivity index (χ3n) is 4.37. The summed E-state index contributed by atoms with van der Waals surface area (Å²) >= 11 is 0. The maximum Gasteiger partial charge on any atom is 0.306 e. The third-order valence-corrected chi connectivity index (χ3v) is 4.37. The summed E-state index contributed by atoms with van der Waals surface area (Å²) in [6.07, 6.45) is 0.272. The van der Waals surface area contributed by atoms with Crippen LogP contribution in [0.5, 0.6) is 11.5 Å². The highest BCUT2D eigenvalue weighted by Crippen LogP contribution is 2.28. The second kappa shape index (κ2) is 11.0. The minimum atomic E-state index is -0.888. The van der Waals surface area contributed by atoms with E-state index < -0.39 is 12.1 Å². The molecule has 2 aromatic carbocycles. The van der Waals surface area contributed by atoms with E-state index >= 15 is 0 Å². The van der Waals surface area contributed by atoms with E-state index in [9.17, 15) is 14.0 Å². The molecule has 0 unspecified atom stereocenters. The minimum Gasteiger partial charge on any atom is -0.493 e. The average molecular weight is 403 g/mol. The number of carbonyl (C=O) groups excluding carboxylic acids is 2. The van der Waals surface area contributed by atoms with Gasteiger partial charge in [-0.3, -0.25) is 9.59 Å². The molecule has 2 aromatic rings. The van der Waals surface area contributed by atoms with Crippen molar-refractivity contribution in [3.05, 3.63) is 59.4 Å². The Balaban J connectivity index is 1.73. The van der Waals surface area contributed by atoms with Crippen LogP contribution in [-0.4, -0.2) is 38.7 Å². The lowest BCUT2D eigenvalue weighted by Gasteiger charge is -2.14. The summed E-state index contributed by atoms with van der Waals surface area (Å²) in [5.74, 6) is 0.0796. The molecule has 0 fully saturated rings. The molecule has 0 aliphatic heterocycles. The van der Waals surface area contributed by atoms with Crippen molar-refractivity contribution in [1.82, 2.24) is 5.32 Å². The number of hydrogen-bond acceptors (Lipinski definition) is 5. The highest BCUT2D eigenvalue weighted by atomic mass is 19.1. The van der Waals surface area contributed by atoms with E-state index in [-0.39, 0.29) is 18.1 Å². The molecule has 2 rings (SSSR count). The maximum atomic E-state index is 12.9. The molecule has 6 nitrogen and oxygen atoms in total. The van der Waals surface area contributed by atoms with E-state index in [1.165, 1.54) is 19.1 Å². The van der Waals surface area contributed by atoms with Crippen LogP contribution < -0.4 is 14.8 Å². The van der Waals surface area contributed by atoms with Crippen LogP contribution in [-0.2, 0) is 27.2 Å². The van der Waals surface area contributed by atoms with Crippen LogP contribution in [0.4, 0.5) is 4.39 Å². The number of halogens is 1. The molecule has 1 N–H and O–H groups in total. The van der Waals surface area contributed by atoms with Gasteiger partial charge in [-0.2, -0.15) is 0 Å². The van der Waals surface area contributed by atoms with Gasteiger partial charge in [0.15, 0.2) is 17.6 Å². The largest absolute Gasteiger partial charge is 0.493 e. The van der Waals surface area contributed by atoms with E-state index in [0.29, 0.717) is 30.9 Å². The van der Waals surface area contributed by atoms with E-state index in [2.05, 4.69) is 5.32 Å². The molecule has 0 heterocycles. The zero-order valence-electron chi connectivity index (χ0n) is 16.9. The Morgan fingerprint density at radius 3 is 2.28 bits per heavy atom. The molecule has 1 atom stereocenters. The number of ether oxygens (including phenoxy) is 3. The van der Waals surface area contributed by atoms with Crippen LogP contribution in [0.1, 0.15) is 24.5 Å². The number of methoxy groups -OCH3 is 2. The number of aryl methyl sites for hydroxylation is 1. The normalized spacial score (nSPS) is 11.4. The Hall–Kier alpha value is -3.09. The van der Waals surface area contributed by atoms with E-state index in [1.54, 1.807) is 38.5 Å². The van der Waals surface area contributed by atoms with Crippen LogP contribution in [0.15, 0.2) is 42.5 Å². The monoisotopic (exact) mass is 403 g/mol. The quantitative estimate of drug-likeness (QED) is 0.617. The van der Waals surface area contributed by atoms with Crippen molar-refractivity contribution < 1.29 is 28.2 Å². The number of hydrogen-bond donors (Lipinski definition) is 1. The fraction of sp³-hybridized carbons (Fsp3) is 0.364. The first-order valence-corrected chi connectivity index (χ1v) is 9.35. The molecule has 0 radical (unpaired) electrons. The van der Waals surface area contributed by atoms with Crippen LogP contribution in [0, 0.1) is 5.82 Å². The Kier molecular flexibility index (Phi) is 8.45. The fourth-order valence-electron chi connectivity index (χ4n) is 2.72. The Morgan fingerprint density at radius 2 is 1.62 bits per heavy atom. The molecule has 156 valence electrons. The van der Waals surface area contributed by atoms with Crippen molar-refractivity contribution in [3.8, 4) is 11.5 Å². The van der Waals surface area contributed by atoms with Gasteiger partial charge < -0.3 is 19.5 Å². The van der Waals surface area contributed by atoms with E-state index in [1.807, 2.05) is 6.07 Å². The van der Waals surface area contributed by atoms with Crippen molar-refractivity contribution in [2.45, 2.75) is 32.3 Å². The fourth-order valence-corrected chi connectivity index (χ4v) is 2.72. The molecule has 0 spiro atoms. The van der Waals surface area contributed by atoms with Crippen molar-refractivity contribution in [2.75, 3.05) is 20.8 Å². The first kappa shape index (κ1) is 22.2. The number of rotatable bonds is 10. The maximum absolute atomic E-state index is 12.9. The van der Waals surface area contributed by atoms with Gasteiger partial charge in [0.1, 0.15) is 5.82 Å². The summed E-state index contributed by atoms with van der Waals surface area (Å²) in [6.45, 7) is 1.90. The van der Waals surface area contributed by atoms with Gasteiger partial charge in [-0.25, -0.2) is 4.39 Å². The lowest BCUT2D eigenvalue weighted by atomic mass is 10.1. The smallest absolute Gasteiger partial charge is 0.306 e. The Labute approximate surface area is 170 Å². The summed E-state index contributed by atoms with van der Waals surface area (Å²) in [6, 6.07) is 11.5. The molecule has 1 amide bonds. The summed E-state index contributed by atoms with van der Waals surface area (Å²) in [5.41, 5.74) is 1.81. The molecular formula is C22H26FNO5. The van der Waals surface area contributed by atoms with Gasteiger partial charge in [0.05, 0.1) is 14.2 Å². The van der Waals surface area contributed by atoms with Crippen LogP contribution in [0.2, 0.25) is 0 Å². The number of nitrogens with one attached hydrogen (secondary N) is 1. The Bertz CT molecular complexity index is 822. The number of esters is 1. The summed E-state index contributed by atoms with van der Waals surface area (Å²) in [5, 5.41) is 2.71. The van der Waals surface area contributed by atoms with Crippen molar-refractivity contribution in [3.63, 3.8) is 0 Å². The first-order valence-electron chi connectivity index (χ1n) is 9.35. The van der Waals surface area contributed by atoms with Gasteiger partial charge in [0.25, 0.3) is 5.91 Å². The second-order valence-corrected chi connectivity index (χ2v) is 6.49. The van der Waals surface area contributed by atoms with Crippen molar-refractivity contribution in [1.29, 1.82) is 0 Å². The summed E-state index contributed by atoms with van der Waals surface area (Å²) in [7, 11) is 3.10. The lowest BCUT2D eigenvalue weighted by molar-refractivity contribution is -0.154. The Morgan fingerprint density at radius 1 is 0.966 bits per heavy atom. The van der Waals surface area contributed by atoms with Crippen LogP contribution in [0.3, 0.4) is 0 Å². The SMILES string of the molecule is COc1ccc(CCC(=O)O[C@H](C)C(=O)NCCc2ccc(F)cc2)cc1OC. The molecule has 0 bridgehead atoms. The zero-order valence-corrected chi connectivity index (χ0v) is 16.9. The standard InChI is InChI=1S/C22H26FNO5/c1-15(22(26)24-13-12-16-4-8-18(23)9-5-16)29-21(25)11-7-17-6-10-19(27-2)20(14-17)28-3/h4-6,8-10,14-15H,7,11-13H2,1-3H3,(H,24,26)/t15-/m1/s1. The average Bonchev–Trinajstić information content (AvgIpc) is 2.73. The molecule has 0 aromatic heterocycles. The molecule has 29 heavy (non-hydrogen) atoms. The third kappa shape index (κ3) is 7.10. The minimum absolute atomic E-state index is 0.142. The van der Waals surface area contributed by atoms with Crippen LogP contribution in [0.25, 0.3) is 0 Å². The van der Waals surface area contributed by atoms with Gasteiger partial charge >= 0.3 is 5.97 Å². The molecule has 0 aliphatic rings. The topological polar surface area (TPSA) is 73.9 Å².